The van der Waals surface area contributed by atoms with Gasteiger partial charge >= 0.3 is 0 Å². The Morgan fingerprint density at radius 3 is 2.80 bits per heavy atom. The summed E-state index contributed by atoms with van der Waals surface area (Å²) >= 11 is 0. The maximum atomic E-state index is 5.33. The van der Waals surface area contributed by atoms with Crippen LogP contribution < -0.4 is 9.47 Å². The molecule has 2 aromatic carbocycles. The van der Waals surface area contributed by atoms with Gasteiger partial charge in [0, 0.05) is 0 Å². The number of rotatable bonds is 1. The van der Waals surface area contributed by atoms with Crippen molar-refractivity contribution in [1.29, 1.82) is 0 Å². The predicted octanol–water partition coefficient (Wildman–Crippen LogP) is 2.88. The molecule has 3 rings (SSSR count). The standard InChI is InChI=1S/C13H9O2/c1-2-4-10(5-3-1)11-6-7-12-13(8-11)15-9-14-12/h1-2,4-8H,9H2. The third kappa shape index (κ3) is 1.44. The van der Waals surface area contributed by atoms with Gasteiger partial charge in [0.25, 0.3) is 0 Å². The van der Waals surface area contributed by atoms with Crippen LogP contribution in [0.3, 0.4) is 0 Å². The molecule has 1 radical (unpaired) electrons. The fraction of sp³-hybridized carbons (Fsp3) is 0.0769. The van der Waals surface area contributed by atoms with Crippen molar-refractivity contribution in [3.63, 3.8) is 0 Å². The van der Waals surface area contributed by atoms with Gasteiger partial charge in [-0.05, 0) is 35.4 Å². The average molecular weight is 197 g/mol. The molecule has 1 heterocycles. The average Bonchev–Trinajstić information content (AvgIpc) is 2.77. The molecule has 0 amide bonds. The second-order valence-corrected chi connectivity index (χ2v) is 3.36. The molecule has 73 valence electrons. The van der Waals surface area contributed by atoms with E-state index in [2.05, 4.69) is 6.07 Å². The molecule has 0 N–H and O–H groups in total. The van der Waals surface area contributed by atoms with Crippen molar-refractivity contribution in [1.82, 2.24) is 0 Å². The summed E-state index contributed by atoms with van der Waals surface area (Å²) in [5, 5.41) is 0. The summed E-state index contributed by atoms with van der Waals surface area (Å²) in [6, 6.07) is 16.9. The Bertz CT molecular complexity index is 477. The summed E-state index contributed by atoms with van der Waals surface area (Å²) in [5.41, 5.74) is 2.26. The third-order valence-corrected chi connectivity index (χ3v) is 2.41. The van der Waals surface area contributed by atoms with Crippen molar-refractivity contribution in [2.75, 3.05) is 6.79 Å². The quantitative estimate of drug-likeness (QED) is 0.699. The predicted molar refractivity (Wildman–Crippen MR) is 56.8 cm³/mol. The smallest absolute Gasteiger partial charge is 0.231 e. The Morgan fingerprint density at radius 2 is 1.93 bits per heavy atom. The van der Waals surface area contributed by atoms with E-state index in [1.807, 2.05) is 42.5 Å². The summed E-state index contributed by atoms with van der Waals surface area (Å²) in [5.74, 6) is 1.63. The highest BCUT2D eigenvalue weighted by Crippen LogP contribution is 2.35. The van der Waals surface area contributed by atoms with Crippen molar-refractivity contribution < 1.29 is 9.47 Å². The van der Waals surface area contributed by atoms with E-state index in [1.165, 1.54) is 0 Å². The third-order valence-electron chi connectivity index (χ3n) is 2.41. The second-order valence-electron chi connectivity index (χ2n) is 3.36. The zero-order chi connectivity index (χ0) is 10.1. The summed E-state index contributed by atoms with van der Waals surface area (Å²) in [6.45, 7) is 0.319. The van der Waals surface area contributed by atoms with Gasteiger partial charge in [-0.1, -0.05) is 24.3 Å². The van der Waals surface area contributed by atoms with Crippen LogP contribution in [0.25, 0.3) is 11.1 Å². The van der Waals surface area contributed by atoms with Gasteiger partial charge in [0.15, 0.2) is 11.5 Å². The molecule has 0 aliphatic carbocycles. The SMILES string of the molecule is [c]1cccc(-c2ccc3c(c2)OCO3)c1. The van der Waals surface area contributed by atoms with E-state index in [0.717, 1.165) is 22.6 Å². The van der Waals surface area contributed by atoms with E-state index in [-0.39, 0.29) is 0 Å². The van der Waals surface area contributed by atoms with E-state index in [4.69, 9.17) is 9.47 Å². The lowest BCUT2D eigenvalue weighted by atomic mass is 10.1. The highest BCUT2D eigenvalue weighted by atomic mass is 16.7. The highest BCUT2D eigenvalue weighted by Gasteiger charge is 2.13. The van der Waals surface area contributed by atoms with Gasteiger partial charge in [-0.15, -0.1) is 0 Å². The van der Waals surface area contributed by atoms with Crippen LogP contribution in [-0.2, 0) is 0 Å². The molecule has 0 bridgehead atoms. The Kier molecular flexibility index (Phi) is 1.85. The lowest BCUT2D eigenvalue weighted by Gasteiger charge is -2.02. The zero-order valence-electron chi connectivity index (χ0n) is 8.07. The molecular formula is C13H9O2. The molecule has 0 fully saturated rings. The molecular weight excluding hydrogens is 188 g/mol. The van der Waals surface area contributed by atoms with Crippen molar-refractivity contribution >= 4 is 0 Å². The fourth-order valence-electron chi connectivity index (χ4n) is 1.65. The number of hydrogen-bond donors (Lipinski definition) is 0. The normalized spacial score (nSPS) is 12.8. The van der Waals surface area contributed by atoms with E-state index in [1.54, 1.807) is 0 Å². The van der Waals surface area contributed by atoms with Gasteiger partial charge in [-0.25, -0.2) is 0 Å². The lowest BCUT2D eigenvalue weighted by molar-refractivity contribution is 0.174. The number of fused-ring (bicyclic) bond motifs is 1. The van der Waals surface area contributed by atoms with Crippen LogP contribution in [0.15, 0.2) is 42.5 Å². The fourth-order valence-corrected chi connectivity index (χ4v) is 1.65. The number of ether oxygens (including phenoxy) is 2. The Hall–Kier alpha value is -1.96. The van der Waals surface area contributed by atoms with Gasteiger partial charge in [0.2, 0.25) is 6.79 Å². The van der Waals surface area contributed by atoms with Crippen molar-refractivity contribution in [3.8, 4) is 22.6 Å². The second kappa shape index (κ2) is 3.31. The van der Waals surface area contributed by atoms with Crippen LogP contribution in [0.4, 0.5) is 0 Å². The van der Waals surface area contributed by atoms with E-state index >= 15 is 0 Å². The highest BCUT2D eigenvalue weighted by molar-refractivity contribution is 5.67. The molecule has 1 aliphatic heterocycles. The van der Waals surface area contributed by atoms with Gasteiger partial charge in [0.05, 0.1) is 0 Å². The van der Waals surface area contributed by atoms with Gasteiger partial charge in [-0.3, -0.25) is 0 Å². The van der Waals surface area contributed by atoms with Crippen molar-refractivity contribution in [3.05, 3.63) is 48.5 Å². The first kappa shape index (κ1) is 8.36. The number of hydrogen-bond acceptors (Lipinski definition) is 2. The Balaban J connectivity index is 2.07. The minimum Gasteiger partial charge on any atom is -0.454 e. The largest absolute Gasteiger partial charge is 0.454 e. The van der Waals surface area contributed by atoms with Crippen LogP contribution in [0, 0.1) is 6.07 Å². The molecule has 2 heteroatoms. The van der Waals surface area contributed by atoms with E-state index < -0.39 is 0 Å². The van der Waals surface area contributed by atoms with Gasteiger partial charge < -0.3 is 9.47 Å². The molecule has 0 saturated heterocycles. The molecule has 1 aliphatic rings. The van der Waals surface area contributed by atoms with E-state index in [9.17, 15) is 0 Å². The Labute approximate surface area is 88.1 Å². The summed E-state index contributed by atoms with van der Waals surface area (Å²) < 4.78 is 10.6. The molecule has 0 saturated carbocycles. The van der Waals surface area contributed by atoms with Crippen LogP contribution in [0.2, 0.25) is 0 Å². The summed E-state index contributed by atoms with van der Waals surface area (Å²) in [4.78, 5) is 0. The van der Waals surface area contributed by atoms with Crippen LogP contribution in [-0.4, -0.2) is 6.79 Å². The minimum atomic E-state index is 0.319. The lowest BCUT2D eigenvalue weighted by Crippen LogP contribution is -1.92. The first-order chi connectivity index (χ1) is 7.43. The van der Waals surface area contributed by atoms with Crippen molar-refractivity contribution in [2.24, 2.45) is 0 Å². The molecule has 0 unspecified atom stereocenters. The van der Waals surface area contributed by atoms with Crippen LogP contribution >= 0.6 is 0 Å². The summed E-state index contributed by atoms with van der Waals surface area (Å²) in [6.07, 6.45) is 0. The monoisotopic (exact) mass is 197 g/mol. The Morgan fingerprint density at radius 1 is 1.00 bits per heavy atom. The first-order valence-corrected chi connectivity index (χ1v) is 4.79. The minimum absolute atomic E-state index is 0.319. The molecule has 0 spiro atoms. The first-order valence-electron chi connectivity index (χ1n) is 4.79. The molecule has 2 aromatic rings. The van der Waals surface area contributed by atoms with Gasteiger partial charge in [0.1, 0.15) is 0 Å². The zero-order valence-corrected chi connectivity index (χ0v) is 8.07. The van der Waals surface area contributed by atoms with E-state index in [0.29, 0.717) is 6.79 Å². The molecule has 15 heavy (non-hydrogen) atoms. The molecule has 0 aromatic heterocycles. The van der Waals surface area contributed by atoms with Gasteiger partial charge in [-0.2, -0.15) is 0 Å². The maximum Gasteiger partial charge on any atom is 0.231 e. The summed E-state index contributed by atoms with van der Waals surface area (Å²) in [7, 11) is 0. The molecule has 0 atom stereocenters. The maximum absolute atomic E-state index is 5.33. The van der Waals surface area contributed by atoms with Crippen LogP contribution in [0.1, 0.15) is 0 Å². The number of benzene rings is 2. The van der Waals surface area contributed by atoms with Crippen LogP contribution in [0.5, 0.6) is 11.5 Å². The van der Waals surface area contributed by atoms with Crippen molar-refractivity contribution in [2.45, 2.75) is 0 Å². The molecule has 2 nitrogen and oxygen atoms in total. The topological polar surface area (TPSA) is 18.5 Å².